The molecule has 0 radical (unpaired) electrons. The van der Waals surface area contributed by atoms with Crippen LogP contribution in [0.2, 0.25) is 0 Å². The molecule has 0 aliphatic carbocycles. The third-order valence-electron chi connectivity index (χ3n) is 2.44. The summed E-state index contributed by atoms with van der Waals surface area (Å²) in [6.45, 7) is 6.49. The Morgan fingerprint density at radius 2 is 2.13 bits per heavy atom. The van der Waals surface area contributed by atoms with E-state index in [1.54, 1.807) is 13.0 Å². The average Bonchev–Trinajstić information content (AvgIpc) is 2.19. The van der Waals surface area contributed by atoms with Gasteiger partial charge < -0.3 is 10.5 Å². The van der Waals surface area contributed by atoms with E-state index < -0.39 is 5.54 Å². The normalized spacial score (nSPS) is 15.0. The lowest BCUT2D eigenvalue weighted by atomic mass is 9.93. The number of benzene rings is 1. The van der Waals surface area contributed by atoms with Crippen LogP contribution in [0.25, 0.3) is 0 Å². The van der Waals surface area contributed by atoms with Gasteiger partial charge in [-0.15, -0.1) is 0 Å². The van der Waals surface area contributed by atoms with Crippen molar-refractivity contribution < 1.29 is 9.13 Å². The summed E-state index contributed by atoms with van der Waals surface area (Å²) in [5.41, 5.74) is 6.81. The summed E-state index contributed by atoms with van der Waals surface area (Å²) in [5.74, 6) is -0.222. The molecule has 0 fully saturated rings. The lowest BCUT2D eigenvalue weighted by Gasteiger charge is -2.25. The Bertz CT molecular complexity index is 336. The van der Waals surface area contributed by atoms with Crippen LogP contribution in [0.15, 0.2) is 18.2 Å². The van der Waals surface area contributed by atoms with Gasteiger partial charge in [0.25, 0.3) is 0 Å². The highest BCUT2D eigenvalue weighted by atomic mass is 19.1. The molecule has 84 valence electrons. The van der Waals surface area contributed by atoms with E-state index in [1.165, 1.54) is 6.07 Å². The maximum atomic E-state index is 13.3. The van der Waals surface area contributed by atoms with Crippen molar-refractivity contribution in [3.05, 3.63) is 35.1 Å². The average molecular weight is 211 g/mol. The number of nitrogens with two attached hydrogens (primary N) is 1. The molecule has 3 heteroatoms. The van der Waals surface area contributed by atoms with Gasteiger partial charge in [0, 0.05) is 6.61 Å². The van der Waals surface area contributed by atoms with Crippen LogP contribution in [0.4, 0.5) is 4.39 Å². The van der Waals surface area contributed by atoms with E-state index in [1.807, 2.05) is 19.9 Å². The summed E-state index contributed by atoms with van der Waals surface area (Å²) in [4.78, 5) is 0. The van der Waals surface area contributed by atoms with E-state index in [2.05, 4.69) is 0 Å². The van der Waals surface area contributed by atoms with Gasteiger partial charge in [0.15, 0.2) is 0 Å². The van der Waals surface area contributed by atoms with Gasteiger partial charge in [0.2, 0.25) is 0 Å². The maximum absolute atomic E-state index is 13.3. The van der Waals surface area contributed by atoms with Crippen LogP contribution < -0.4 is 5.73 Å². The van der Waals surface area contributed by atoms with Gasteiger partial charge >= 0.3 is 0 Å². The van der Waals surface area contributed by atoms with E-state index >= 15 is 0 Å². The summed E-state index contributed by atoms with van der Waals surface area (Å²) in [6, 6.07) is 5.06. The SMILES string of the molecule is CCOCC(C)(N)c1ccc(C)c(F)c1. The van der Waals surface area contributed by atoms with E-state index in [0.29, 0.717) is 18.8 Å². The zero-order chi connectivity index (χ0) is 11.5. The van der Waals surface area contributed by atoms with Crippen molar-refractivity contribution >= 4 is 0 Å². The van der Waals surface area contributed by atoms with Crippen molar-refractivity contribution in [2.75, 3.05) is 13.2 Å². The Hall–Kier alpha value is -0.930. The highest BCUT2D eigenvalue weighted by Gasteiger charge is 2.22. The molecule has 15 heavy (non-hydrogen) atoms. The van der Waals surface area contributed by atoms with E-state index in [4.69, 9.17) is 10.5 Å². The van der Waals surface area contributed by atoms with Crippen molar-refractivity contribution in [3.8, 4) is 0 Å². The predicted octanol–water partition coefficient (Wildman–Crippen LogP) is 2.34. The molecule has 0 aliphatic rings. The van der Waals surface area contributed by atoms with Crippen LogP contribution in [0, 0.1) is 12.7 Å². The van der Waals surface area contributed by atoms with Crippen LogP contribution >= 0.6 is 0 Å². The summed E-state index contributed by atoms with van der Waals surface area (Å²) < 4.78 is 18.6. The van der Waals surface area contributed by atoms with Gasteiger partial charge in [-0.05, 0) is 38.0 Å². The predicted molar refractivity (Wildman–Crippen MR) is 59.2 cm³/mol. The second-order valence-electron chi connectivity index (χ2n) is 4.02. The first-order valence-corrected chi connectivity index (χ1v) is 5.10. The Morgan fingerprint density at radius 1 is 1.47 bits per heavy atom. The first kappa shape index (κ1) is 12.1. The van der Waals surface area contributed by atoms with Gasteiger partial charge in [-0.1, -0.05) is 12.1 Å². The highest BCUT2D eigenvalue weighted by Crippen LogP contribution is 2.20. The summed E-state index contributed by atoms with van der Waals surface area (Å²) in [6.07, 6.45) is 0. The Labute approximate surface area is 90.2 Å². The quantitative estimate of drug-likeness (QED) is 0.829. The molecule has 0 saturated heterocycles. The molecule has 0 bridgehead atoms. The largest absolute Gasteiger partial charge is 0.379 e. The fourth-order valence-electron chi connectivity index (χ4n) is 1.35. The fraction of sp³-hybridized carbons (Fsp3) is 0.500. The number of rotatable bonds is 4. The van der Waals surface area contributed by atoms with Crippen LogP contribution in [0.5, 0.6) is 0 Å². The number of hydrogen-bond donors (Lipinski definition) is 1. The van der Waals surface area contributed by atoms with Gasteiger partial charge in [0.05, 0.1) is 12.1 Å². The highest BCUT2D eigenvalue weighted by molar-refractivity contribution is 5.28. The van der Waals surface area contributed by atoms with Gasteiger partial charge in [-0.25, -0.2) is 4.39 Å². The van der Waals surface area contributed by atoms with Crippen LogP contribution in [0.1, 0.15) is 25.0 Å². The molecular formula is C12H18FNO. The lowest BCUT2D eigenvalue weighted by molar-refractivity contribution is 0.101. The van der Waals surface area contributed by atoms with E-state index in [-0.39, 0.29) is 5.82 Å². The topological polar surface area (TPSA) is 35.2 Å². The summed E-state index contributed by atoms with van der Waals surface area (Å²) >= 11 is 0. The smallest absolute Gasteiger partial charge is 0.126 e. The van der Waals surface area contributed by atoms with Crippen LogP contribution in [0.3, 0.4) is 0 Å². The lowest BCUT2D eigenvalue weighted by Crippen LogP contribution is -2.38. The molecule has 2 nitrogen and oxygen atoms in total. The minimum atomic E-state index is -0.634. The zero-order valence-corrected chi connectivity index (χ0v) is 9.51. The molecule has 1 rings (SSSR count). The van der Waals surface area contributed by atoms with Crippen molar-refractivity contribution in [1.29, 1.82) is 0 Å². The van der Waals surface area contributed by atoms with E-state index in [0.717, 1.165) is 5.56 Å². The number of ether oxygens (including phenoxy) is 1. The van der Waals surface area contributed by atoms with Crippen LogP contribution in [-0.4, -0.2) is 13.2 Å². The molecule has 0 aromatic heterocycles. The molecule has 2 N–H and O–H groups in total. The summed E-state index contributed by atoms with van der Waals surface area (Å²) in [5, 5.41) is 0. The molecule has 0 spiro atoms. The maximum Gasteiger partial charge on any atom is 0.126 e. The monoisotopic (exact) mass is 211 g/mol. The molecule has 1 aromatic carbocycles. The molecule has 1 aromatic rings. The van der Waals surface area contributed by atoms with E-state index in [9.17, 15) is 4.39 Å². The van der Waals surface area contributed by atoms with Crippen molar-refractivity contribution in [2.45, 2.75) is 26.3 Å². The van der Waals surface area contributed by atoms with Gasteiger partial charge in [-0.2, -0.15) is 0 Å². The van der Waals surface area contributed by atoms with Gasteiger partial charge in [0.1, 0.15) is 5.82 Å². The Morgan fingerprint density at radius 3 is 2.67 bits per heavy atom. The number of hydrogen-bond acceptors (Lipinski definition) is 2. The van der Waals surface area contributed by atoms with Crippen molar-refractivity contribution in [3.63, 3.8) is 0 Å². The second-order valence-corrected chi connectivity index (χ2v) is 4.02. The third kappa shape index (κ3) is 3.01. The molecule has 0 heterocycles. The number of aryl methyl sites for hydroxylation is 1. The Kier molecular flexibility index (Phi) is 3.83. The first-order valence-electron chi connectivity index (χ1n) is 5.10. The third-order valence-corrected chi connectivity index (χ3v) is 2.44. The fourth-order valence-corrected chi connectivity index (χ4v) is 1.35. The van der Waals surface area contributed by atoms with Crippen molar-refractivity contribution in [1.82, 2.24) is 0 Å². The molecular weight excluding hydrogens is 193 g/mol. The summed E-state index contributed by atoms with van der Waals surface area (Å²) in [7, 11) is 0. The number of halogens is 1. The Balaban J connectivity index is 2.89. The van der Waals surface area contributed by atoms with Crippen LogP contribution in [-0.2, 0) is 10.3 Å². The van der Waals surface area contributed by atoms with Crippen molar-refractivity contribution in [2.24, 2.45) is 5.73 Å². The minimum Gasteiger partial charge on any atom is -0.379 e. The van der Waals surface area contributed by atoms with Gasteiger partial charge in [-0.3, -0.25) is 0 Å². The second kappa shape index (κ2) is 4.73. The zero-order valence-electron chi connectivity index (χ0n) is 9.51. The molecule has 1 unspecified atom stereocenters. The standard InChI is InChI=1S/C12H18FNO/c1-4-15-8-12(3,14)10-6-5-9(2)11(13)7-10/h5-7H,4,8,14H2,1-3H3. The first-order chi connectivity index (χ1) is 6.97. The molecule has 0 saturated carbocycles. The molecule has 1 atom stereocenters. The molecule has 0 aliphatic heterocycles. The minimum absolute atomic E-state index is 0.222. The molecule has 0 amide bonds.